The van der Waals surface area contributed by atoms with Crippen molar-refractivity contribution in [2.24, 2.45) is 0 Å². The van der Waals surface area contributed by atoms with Gasteiger partial charge in [0.1, 0.15) is 10.8 Å². The number of hydrogen-bond donors (Lipinski definition) is 1. The van der Waals surface area contributed by atoms with Crippen LogP contribution in [-0.4, -0.2) is 16.5 Å². The van der Waals surface area contributed by atoms with Gasteiger partial charge in [0.2, 0.25) is 11.8 Å². The fraction of sp³-hybridized carbons (Fsp3) is 0.167. The van der Waals surface area contributed by atoms with E-state index in [2.05, 4.69) is 15.3 Å². The molecule has 0 saturated carbocycles. The summed E-state index contributed by atoms with van der Waals surface area (Å²) in [6.45, 7) is 2.63. The first-order valence-electron chi connectivity index (χ1n) is 5.49. The number of ether oxygens (including phenoxy) is 1. The van der Waals surface area contributed by atoms with Crippen LogP contribution in [0.5, 0.6) is 11.6 Å². The second-order valence-electron chi connectivity index (χ2n) is 3.55. The third-order valence-corrected chi connectivity index (χ3v) is 2.95. The minimum Gasteiger partial charge on any atom is -0.436 e. The molecule has 1 aromatic heterocycles. The first kappa shape index (κ1) is 14.2. The Labute approximate surface area is 125 Å². The zero-order valence-electron chi connectivity index (χ0n) is 9.95. The molecule has 1 aromatic carbocycles. The lowest BCUT2D eigenvalue weighted by molar-refractivity contribution is 0.463. The fourth-order valence-corrected chi connectivity index (χ4v) is 1.77. The second kappa shape index (κ2) is 6.28. The highest BCUT2D eigenvalue weighted by Gasteiger charge is 2.10. The van der Waals surface area contributed by atoms with E-state index in [1.807, 2.05) is 6.92 Å². The van der Waals surface area contributed by atoms with Gasteiger partial charge in [0, 0.05) is 17.6 Å². The highest BCUT2D eigenvalue weighted by atomic mass is 35.5. The average molecular weight is 319 g/mol. The Morgan fingerprint density at radius 3 is 2.74 bits per heavy atom. The summed E-state index contributed by atoms with van der Waals surface area (Å²) in [7, 11) is 0. The van der Waals surface area contributed by atoms with Crippen LogP contribution in [0.4, 0.5) is 5.95 Å². The lowest BCUT2D eigenvalue weighted by Gasteiger charge is -2.09. The van der Waals surface area contributed by atoms with Crippen LogP contribution in [0.25, 0.3) is 0 Å². The van der Waals surface area contributed by atoms with Crippen LogP contribution in [0.3, 0.4) is 0 Å². The van der Waals surface area contributed by atoms with Crippen molar-refractivity contribution in [3.63, 3.8) is 0 Å². The first-order chi connectivity index (χ1) is 9.10. The van der Waals surface area contributed by atoms with Crippen molar-refractivity contribution in [3.8, 4) is 11.6 Å². The third-order valence-electron chi connectivity index (χ3n) is 2.15. The molecule has 1 N–H and O–H groups in total. The molecule has 0 unspecified atom stereocenters. The molecular formula is C12H10Cl3N3O. The van der Waals surface area contributed by atoms with Crippen LogP contribution in [0.1, 0.15) is 6.92 Å². The van der Waals surface area contributed by atoms with Crippen molar-refractivity contribution in [1.29, 1.82) is 0 Å². The summed E-state index contributed by atoms with van der Waals surface area (Å²) in [6, 6.07) is 4.90. The van der Waals surface area contributed by atoms with Crippen LogP contribution in [0.15, 0.2) is 24.4 Å². The number of aromatic nitrogens is 2. The van der Waals surface area contributed by atoms with E-state index in [9.17, 15) is 0 Å². The van der Waals surface area contributed by atoms with Crippen LogP contribution >= 0.6 is 34.8 Å². The molecule has 0 radical (unpaired) electrons. The van der Waals surface area contributed by atoms with Crippen molar-refractivity contribution in [3.05, 3.63) is 39.5 Å². The van der Waals surface area contributed by atoms with Crippen molar-refractivity contribution in [2.45, 2.75) is 6.92 Å². The zero-order chi connectivity index (χ0) is 13.8. The third kappa shape index (κ3) is 3.62. The molecule has 0 aliphatic rings. The van der Waals surface area contributed by atoms with Crippen LogP contribution in [-0.2, 0) is 0 Å². The Morgan fingerprint density at radius 1 is 1.21 bits per heavy atom. The smallest absolute Gasteiger partial charge is 0.243 e. The van der Waals surface area contributed by atoms with Gasteiger partial charge in [0.25, 0.3) is 0 Å². The molecule has 0 saturated heterocycles. The molecule has 1 heterocycles. The molecule has 7 heteroatoms. The van der Waals surface area contributed by atoms with Gasteiger partial charge in [-0.1, -0.05) is 34.8 Å². The second-order valence-corrected chi connectivity index (χ2v) is 4.80. The fourth-order valence-electron chi connectivity index (χ4n) is 1.33. The maximum absolute atomic E-state index is 6.01. The number of rotatable bonds is 4. The Bertz CT molecular complexity index is 592. The van der Waals surface area contributed by atoms with E-state index in [1.165, 1.54) is 6.20 Å². The molecular weight excluding hydrogens is 309 g/mol. The van der Waals surface area contributed by atoms with Gasteiger partial charge in [0.05, 0.1) is 11.2 Å². The van der Waals surface area contributed by atoms with Gasteiger partial charge in [-0.2, -0.15) is 4.98 Å². The van der Waals surface area contributed by atoms with Gasteiger partial charge >= 0.3 is 0 Å². The molecule has 100 valence electrons. The summed E-state index contributed by atoms with van der Waals surface area (Å²) in [5.41, 5.74) is 0. The van der Waals surface area contributed by atoms with E-state index in [0.717, 1.165) is 0 Å². The minimum absolute atomic E-state index is 0.219. The van der Waals surface area contributed by atoms with Crippen molar-refractivity contribution >= 4 is 40.8 Å². The van der Waals surface area contributed by atoms with Gasteiger partial charge in [0.15, 0.2) is 0 Å². The van der Waals surface area contributed by atoms with E-state index in [1.54, 1.807) is 18.2 Å². The highest BCUT2D eigenvalue weighted by molar-refractivity contribution is 6.34. The summed E-state index contributed by atoms with van der Waals surface area (Å²) in [4.78, 5) is 8.17. The summed E-state index contributed by atoms with van der Waals surface area (Å²) < 4.78 is 5.57. The van der Waals surface area contributed by atoms with Crippen LogP contribution in [0, 0.1) is 0 Å². The molecule has 2 rings (SSSR count). The monoisotopic (exact) mass is 317 g/mol. The number of hydrogen-bond acceptors (Lipinski definition) is 4. The molecule has 4 nitrogen and oxygen atoms in total. The quantitative estimate of drug-likeness (QED) is 0.890. The van der Waals surface area contributed by atoms with Crippen molar-refractivity contribution < 1.29 is 4.74 Å². The van der Waals surface area contributed by atoms with E-state index in [-0.39, 0.29) is 10.9 Å². The van der Waals surface area contributed by atoms with Gasteiger partial charge in [-0.05, 0) is 19.1 Å². The van der Waals surface area contributed by atoms with Crippen LogP contribution in [0.2, 0.25) is 15.1 Å². The van der Waals surface area contributed by atoms with Crippen molar-refractivity contribution in [2.75, 3.05) is 11.9 Å². The molecule has 2 aromatic rings. The highest BCUT2D eigenvalue weighted by Crippen LogP contribution is 2.34. The van der Waals surface area contributed by atoms with Gasteiger partial charge < -0.3 is 10.1 Å². The molecule has 0 aliphatic carbocycles. The summed E-state index contributed by atoms with van der Waals surface area (Å²) in [6.07, 6.45) is 1.46. The topological polar surface area (TPSA) is 47.0 Å². The van der Waals surface area contributed by atoms with E-state index >= 15 is 0 Å². The largest absolute Gasteiger partial charge is 0.436 e. The molecule has 0 aliphatic heterocycles. The summed E-state index contributed by atoms with van der Waals surface area (Å²) >= 11 is 17.9. The molecule has 0 spiro atoms. The summed E-state index contributed by atoms with van der Waals surface area (Å²) in [5, 5.41) is 4.19. The zero-order valence-corrected chi connectivity index (χ0v) is 12.2. The van der Waals surface area contributed by atoms with Crippen LogP contribution < -0.4 is 10.1 Å². The molecule has 0 amide bonds. The molecule has 0 fully saturated rings. The minimum atomic E-state index is 0.219. The Balaban J connectivity index is 2.31. The lowest BCUT2D eigenvalue weighted by atomic mass is 10.3. The Kier molecular flexibility index (Phi) is 4.69. The first-order valence-corrected chi connectivity index (χ1v) is 6.63. The molecule has 0 bridgehead atoms. The predicted octanol–water partition coefficient (Wildman–Crippen LogP) is 4.66. The lowest BCUT2D eigenvalue weighted by Crippen LogP contribution is -2.03. The van der Waals surface area contributed by atoms with Gasteiger partial charge in [-0.15, -0.1) is 0 Å². The SMILES string of the molecule is CCNc1ncc(Cl)c(Oc2cc(Cl)ccc2Cl)n1. The van der Waals surface area contributed by atoms with Gasteiger partial charge in [-0.3, -0.25) is 0 Å². The average Bonchev–Trinajstić information content (AvgIpc) is 2.38. The van der Waals surface area contributed by atoms with E-state index in [4.69, 9.17) is 39.5 Å². The number of nitrogens with zero attached hydrogens (tertiary/aromatic N) is 2. The van der Waals surface area contributed by atoms with Crippen molar-refractivity contribution in [1.82, 2.24) is 9.97 Å². The predicted molar refractivity (Wildman–Crippen MR) is 77.7 cm³/mol. The van der Waals surface area contributed by atoms with Gasteiger partial charge in [-0.25, -0.2) is 4.98 Å². The number of nitrogens with one attached hydrogen (secondary N) is 1. The number of anilines is 1. The van der Waals surface area contributed by atoms with E-state index in [0.29, 0.717) is 28.3 Å². The maximum Gasteiger partial charge on any atom is 0.243 e. The Morgan fingerprint density at radius 2 is 2.00 bits per heavy atom. The normalized spacial score (nSPS) is 10.3. The molecule has 0 atom stereocenters. The standard InChI is InChI=1S/C12H10Cl3N3O/c1-2-16-12-17-6-9(15)11(18-12)19-10-5-7(13)3-4-8(10)14/h3-6H,2H2,1H3,(H,16,17,18). The van der Waals surface area contributed by atoms with E-state index < -0.39 is 0 Å². The number of halogens is 3. The summed E-state index contributed by atoms with van der Waals surface area (Å²) in [5.74, 6) is 1.04. The Hall–Kier alpha value is -1.23. The molecule has 19 heavy (non-hydrogen) atoms. The maximum atomic E-state index is 6.01. The number of benzene rings is 1.